The Kier molecular flexibility index (Phi) is 4.00. The average molecular weight is 294 g/mol. The summed E-state index contributed by atoms with van der Waals surface area (Å²) in [7, 11) is 1.31. The minimum atomic E-state index is -0.434. The summed E-state index contributed by atoms with van der Waals surface area (Å²) >= 11 is 7.18. The van der Waals surface area contributed by atoms with Crippen molar-refractivity contribution >= 4 is 39.7 Å². The number of hydrogen-bond acceptors (Lipinski definition) is 6. The Morgan fingerprint density at radius 3 is 3.00 bits per heavy atom. The van der Waals surface area contributed by atoms with E-state index in [1.54, 1.807) is 18.2 Å². The van der Waals surface area contributed by atoms with Crippen molar-refractivity contribution in [3.05, 3.63) is 39.9 Å². The van der Waals surface area contributed by atoms with Gasteiger partial charge in [-0.2, -0.15) is 5.26 Å². The summed E-state index contributed by atoms with van der Waals surface area (Å²) in [6.45, 7) is 0. The molecule has 2 aromatic rings. The number of methoxy groups -OCH3 is 1. The minimum absolute atomic E-state index is 0.398. The van der Waals surface area contributed by atoms with Gasteiger partial charge in [0.15, 0.2) is 5.13 Å². The third-order valence-corrected chi connectivity index (χ3v) is 3.44. The maximum absolute atomic E-state index is 11.3. The van der Waals surface area contributed by atoms with Gasteiger partial charge in [0, 0.05) is 0 Å². The van der Waals surface area contributed by atoms with Crippen molar-refractivity contribution < 1.29 is 9.53 Å². The summed E-state index contributed by atoms with van der Waals surface area (Å²) in [6.07, 6.45) is 1.43. The first-order valence-corrected chi connectivity index (χ1v) is 6.34. The Morgan fingerprint density at radius 2 is 2.37 bits per heavy atom. The molecule has 0 fully saturated rings. The molecule has 2 rings (SSSR count). The fraction of sp³-hybridized carbons (Fsp3) is 0.0833. The molecule has 0 radical (unpaired) electrons. The molecule has 1 heterocycles. The molecule has 1 aromatic heterocycles. The first kappa shape index (κ1) is 13.3. The van der Waals surface area contributed by atoms with Gasteiger partial charge in [-0.05, 0) is 18.2 Å². The Hall–Kier alpha value is -2.10. The van der Waals surface area contributed by atoms with Gasteiger partial charge in [0.25, 0.3) is 0 Å². The van der Waals surface area contributed by atoms with E-state index in [9.17, 15) is 4.79 Å². The molecule has 0 saturated carbocycles. The highest BCUT2D eigenvalue weighted by Crippen LogP contribution is 2.28. The van der Waals surface area contributed by atoms with E-state index in [2.05, 4.69) is 15.0 Å². The number of nitrogens with zero attached hydrogens (tertiary/aromatic N) is 2. The summed E-state index contributed by atoms with van der Waals surface area (Å²) in [4.78, 5) is 15.7. The van der Waals surface area contributed by atoms with Crippen LogP contribution in [0.15, 0.2) is 24.4 Å². The lowest BCUT2D eigenvalue weighted by Crippen LogP contribution is -1.96. The number of nitrogens with one attached hydrogen (secondary N) is 1. The number of carbonyl (C=O) groups is 1. The molecule has 7 heteroatoms. The minimum Gasteiger partial charge on any atom is -0.465 e. The lowest BCUT2D eigenvalue weighted by Gasteiger charge is -2.04. The maximum atomic E-state index is 11.3. The zero-order chi connectivity index (χ0) is 13.8. The highest BCUT2D eigenvalue weighted by molar-refractivity contribution is 7.17. The Balaban J connectivity index is 2.20. The van der Waals surface area contributed by atoms with E-state index in [1.165, 1.54) is 13.3 Å². The van der Waals surface area contributed by atoms with Crippen molar-refractivity contribution in [1.29, 1.82) is 5.26 Å². The van der Waals surface area contributed by atoms with Crippen LogP contribution in [0.4, 0.5) is 10.8 Å². The van der Waals surface area contributed by atoms with Crippen LogP contribution in [0.25, 0.3) is 0 Å². The number of halogens is 1. The van der Waals surface area contributed by atoms with Gasteiger partial charge >= 0.3 is 5.97 Å². The maximum Gasteiger partial charge on any atom is 0.349 e. The summed E-state index contributed by atoms with van der Waals surface area (Å²) in [5.41, 5.74) is 1.09. The molecule has 0 amide bonds. The van der Waals surface area contributed by atoms with Gasteiger partial charge in [0.2, 0.25) is 0 Å². The molecule has 0 spiro atoms. The van der Waals surface area contributed by atoms with Crippen LogP contribution >= 0.6 is 22.9 Å². The lowest BCUT2D eigenvalue weighted by atomic mass is 10.2. The molecule has 0 unspecified atom stereocenters. The van der Waals surface area contributed by atoms with Gasteiger partial charge in [0.1, 0.15) is 4.88 Å². The summed E-state index contributed by atoms with van der Waals surface area (Å²) in [6, 6.07) is 6.88. The predicted molar refractivity (Wildman–Crippen MR) is 72.9 cm³/mol. The summed E-state index contributed by atoms with van der Waals surface area (Å²) in [5.74, 6) is -0.434. The van der Waals surface area contributed by atoms with Crippen LogP contribution in [0, 0.1) is 11.3 Å². The van der Waals surface area contributed by atoms with Crippen molar-refractivity contribution in [2.45, 2.75) is 0 Å². The van der Waals surface area contributed by atoms with Crippen molar-refractivity contribution in [2.24, 2.45) is 0 Å². The second-order valence-electron chi connectivity index (χ2n) is 3.45. The van der Waals surface area contributed by atoms with Crippen LogP contribution in [0.5, 0.6) is 0 Å². The number of aromatic nitrogens is 1. The molecule has 96 valence electrons. The van der Waals surface area contributed by atoms with E-state index in [0.717, 1.165) is 11.3 Å². The molecule has 0 aliphatic rings. The SMILES string of the molecule is COC(=O)c1cnc(Nc2ccc(C#N)cc2Cl)s1. The molecule has 0 aliphatic heterocycles. The molecule has 1 N–H and O–H groups in total. The highest BCUT2D eigenvalue weighted by atomic mass is 35.5. The zero-order valence-corrected chi connectivity index (χ0v) is 11.4. The number of rotatable bonds is 3. The number of anilines is 2. The first-order valence-electron chi connectivity index (χ1n) is 5.15. The van der Waals surface area contributed by atoms with E-state index in [1.807, 2.05) is 6.07 Å². The van der Waals surface area contributed by atoms with Crippen LogP contribution in [0.1, 0.15) is 15.2 Å². The van der Waals surface area contributed by atoms with Gasteiger partial charge in [-0.1, -0.05) is 22.9 Å². The Morgan fingerprint density at radius 1 is 1.58 bits per heavy atom. The van der Waals surface area contributed by atoms with Crippen LogP contribution in [-0.4, -0.2) is 18.1 Å². The molecule has 5 nitrogen and oxygen atoms in total. The quantitative estimate of drug-likeness (QED) is 0.880. The standard InChI is InChI=1S/C12H8ClN3O2S/c1-18-11(17)10-6-15-12(19-10)16-9-3-2-7(5-14)4-8(9)13/h2-4,6H,1H3,(H,15,16). The monoisotopic (exact) mass is 293 g/mol. The molecule has 0 saturated heterocycles. The van der Waals surface area contributed by atoms with Gasteiger partial charge < -0.3 is 10.1 Å². The van der Waals surface area contributed by atoms with Crippen LogP contribution in [-0.2, 0) is 4.74 Å². The number of thiazole rings is 1. The number of hydrogen-bond donors (Lipinski definition) is 1. The predicted octanol–water partition coefficient (Wildman–Crippen LogP) is 3.20. The molecular weight excluding hydrogens is 286 g/mol. The molecule has 0 aliphatic carbocycles. The number of esters is 1. The number of ether oxygens (including phenoxy) is 1. The van der Waals surface area contributed by atoms with E-state index in [-0.39, 0.29) is 0 Å². The van der Waals surface area contributed by atoms with Crippen LogP contribution in [0.2, 0.25) is 5.02 Å². The second kappa shape index (κ2) is 5.69. The zero-order valence-electron chi connectivity index (χ0n) is 9.81. The van der Waals surface area contributed by atoms with Crippen molar-refractivity contribution in [3.8, 4) is 6.07 Å². The van der Waals surface area contributed by atoms with Crippen molar-refractivity contribution in [1.82, 2.24) is 4.98 Å². The molecule has 0 atom stereocenters. The number of carbonyl (C=O) groups excluding carboxylic acids is 1. The fourth-order valence-electron chi connectivity index (χ4n) is 1.33. The normalized spacial score (nSPS) is 9.74. The number of nitriles is 1. The lowest BCUT2D eigenvalue weighted by molar-refractivity contribution is 0.0606. The topological polar surface area (TPSA) is 75.0 Å². The first-order chi connectivity index (χ1) is 9.13. The van der Waals surface area contributed by atoms with E-state index < -0.39 is 5.97 Å². The molecule has 0 bridgehead atoms. The fourth-order valence-corrected chi connectivity index (χ4v) is 2.30. The third kappa shape index (κ3) is 3.02. The highest BCUT2D eigenvalue weighted by Gasteiger charge is 2.11. The van der Waals surface area contributed by atoms with E-state index in [4.69, 9.17) is 16.9 Å². The Labute approximate surface area is 118 Å². The molecule has 1 aromatic carbocycles. The number of benzene rings is 1. The smallest absolute Gasteiger partial charge is 0.349 e. The van der Waals surface area contributed by atoms with Crippen LogP contribution in [0.3, 0.4) is 0 Å². The molecule has 19 heavy (non-hydrogen) atoms. The van der Waals surface area contributed by atoms with Gasteiger partial charge in [-0.25, -0.2) is 9.78 Å². The van der Waals surface area contributed by atoms with Crippen molar-refractivity contribution in [2.75, 3.05) is 12.4 Å². The van der Waals surface area contributed by atoms with Crippen molar-refractivity contribution in [3.63, 3.8) is 0 Å². The molecular formula is C12H8ClN3O2S. The second-order valence-corrected chi connectivity index (χ2v) is 4.89. The van der Waals surface area contributed by atoms with Gasteiger partial charge in [0.05, 0.1) is 35.6 Å². The Bertz CT molecular complexity index is 663. The van der Waals surface area contributed by atoms with E-state index >= 15 is 0 Å². The van der Waals surface area contributed by atoms with Crippen LogP contribution < -0.4 is 5.32 Å². The largest absolute Gasteiger partial charge is 0.465 e. The summed E-state index contributed by atoms with van der Waals surface area (Å²) < 4.78 is 4.60. The summed E-state index contributed by atoms with van der Waals surface area (Å²) in [5, 5.41) is 12.7. The van der Waals surface area contributed by atoms with E-state index in [0.29, 0.717) is 26.3 Å². The van der Waals surface area contributed by atoms with Gasteiger partial charge in [-0.15, -0.1) is 0 Å². The average Bonchev–Trinajstić information content (AvgIpc) is 2.88. The van der Waals surface area contributed by atoms with Gasteiger partial charge in [-0.3, -0.25) is 0 Å². The third-order valence-electron chi connectivity index (χ3n) is 2.23.